The van der Waals surface area contributed by atoms with E-state index in [-0.39, 0.29) is 17.3 Å². The van der Waals surface area contributed by atoms with Crippen LogP contribution in [0.25, 0.3) is 12.2 Å². The number of aliphatic imine (C=N–C) groups is 1. The molecule has 0 unspecified atom stereocenters. The van der Waals surface area contributed by atoms with Crippen LogP contribution >= 0.6 is 23.2 Å². The summed E-state index contributed by atoms with van der Waals surface area (Å²) < 4.78 is 5.06. The number of benzene rings is 2. The van der Waals surface area contributed by atoms with Gasteiger partial charge < -0.3 is 4.74 Å². The fourth-order valence-corrected chi connectivity index (χ4v) is 2.64. The van der Waals surface area contributed by atoms with Crippen LogP contribution in [0.1, 0.15) is 11.1 Å². The van der Waals surface area contributed by atoms with Crippen molar-refractivity contribution in [3.63, 3.8) is 0 Å². The van der Waals surface area contributed by atoms with Crippen LogP contribution in [0.3, 0.4) is 0 Å². The van der Waals surface area contributed by atoms with Gasteiger partial charge in [-0.05, 0) is 35.4 Å². The second kappa shape index (κ2) is 7.51. The number of nitro groups is 1. The smallest absolute Gasteiger partial charge is 0.363 e. The Labute approximate surface area is 158 Å². The maximum atomic E-state index is 11.9. The van der Waals surface area contributed by atoms with E-state index in [0.717, 1.165) is 0 Å². The van der Waals surface area contributed by atoms with E-state index in [4.69, 9.17) is 27.9 Å². The van der Waals surface area contributed by atoms with Crippen molar-refractivity contribution in [3.05, 3.63) is 85.5 Å². The summed E-state index contributed by atoms with van der Waals surface area (Å²) in [5.74, 6) is -0.535. The van der Waals surface area contributed by atoms with Crippen LogP contribution < -0.4 is 0 Å². The first-order chi connectivity index (χ1) is 12.4. The highest BCUT2D eigenvalue weighted by Gasteiger charge is 2.21. The van der Waals surface area contributed by atoms with Crippen molar-refractivity contribution in [1.29, 1.82) is 0 Å². The number of hydrogen-bond donors (Lipinski definition) is 0. The van der Waals surface area contributed by atoms with E-state index in [1.54, 1.807) is 36.4 Å². The molecule has 0 aliphatic carbocycles. The highest BCUT2D eigenvalue weighted by atomic mass is 35.5. The minimum absolute atomic E-state index is 0.0320. The highest BCUT2D eigenvalue weighted by Crippen LogP contribution is 2.25. The normalized spacial score (nSPS) is 15.4. The molecular weight excluding hydrogens is 379 g/mol. The lowest BCUT2D eigenvalue weighted by atomic mass is 10.2. The number of hydrogen-bond acceptors (Lipinski definition) is 5. The Bertz CT molecular complexity index is 996. The molecule has 0 amide bonds. The summed E-state index contributed by atoms with van der Waals surface area (Å²) in [6.07, 6.45) is 4.52. The summed E-state index contributed by atoms with van der Waals surface area (Å²) in [6.45, 7) is 0. The minimum Gasteiger partial charge on any atom is -0.403 e. The van der Waals surface area contributed by atoms with E-state index in [1.165, 1.54) is 24.3 Å². The standard InChI is InChI=1S/C18H10Cl2N2O4/c19-13-6-5-12(15(20)10-13)9-16-18(23)26-17(21-16)7-4-11-2-1-3-14(8-11)22(24)25/h1-10H/b7-4-,16-9+. The van der Waals surface area contributed by atoms with Crippen molar-refractivity contribution in [1.82, 2.24) is 0 Å². The van der Waals surface area contributed by atoms with Gasteiger partial charge in [-0.25, -0.2) is 9.79 Å². The summed E-state index contributed by atoms with van der Waals surface area (Å²) in [5, 5.41) is 11.6. The lowest BCUT2D eigenvalue weighted by molar-refractivity contribution is -0.384. The Morgan fingerprint density at radius 2 is 1.92 bits per heavy atom. The van der Waals surface area contributed by atoms with Crippen LogP contribution in [-0.4, -0.2) is 16.8 Å². The highest BCUT2D eigenvalue weighted by molar-refractivity contribution is 6.35. The van der Waals surface area contributed by atoms with Gasteiger partial charge in [-0.1, -0.05) is 41.4 Å². The molecular formula is C18H10Cl2N2O4. The molecule has 130 valence electrons. The van der Waals surface area contributed by atoms with E-state index in [1.807, 2.05) is 0 Å². The second-order valence-electron chi connectivity index (χ2n) is 5.22. The molecule has 1 heterocycles. The zero-order valence-corrected chi connectivity index (χ0v) is 14.6. The van der Waals surface area contributed by atoms with Crippen LogP contribution in [0.15, 0.2) is 59.2 Å². The Morgan fingerprint density at radius 1 is 1.12 bits per heavy atom. The molecule has 0 saturated carbocycles. The Balaban J connectivity index is 1.83. The molecule has 0 atom stereocenters. The zero-order chi connectivity index (χ0) is 18.7. The third kappa shape index (κ3) is 4.17. The SMILES string of the molecule is O=C1OC(/C=C\c2cccc([N+](=O)[O-])c2)=NC/1=C/c1ccc(Cl)cc1Cl. The molecule has 26 heavy (non-hydrogen) atoms. The van der Waals surface area contributed by atoms with Crippen molar-refractivity contribution in [2.45, 2.75) is 0 Å². The molecule has 2 aromatic carbocycles. The quantitative estimate of drug-likeness (QED) is 0.322. The first-order valence-electron chi connectivity index (χ1n) is 7.32. The van der Waals surface area contributed by atoms with E-state index < -0.39 is 10.9 Å². The molecule has 0 saturated heterocycles. The summed E-state index contributed by atoms with van der Waals surface area (Å²) in [4.78, 5) is 26.3. The number of nitrogens with zero attached hydrogens (tertiary/aromatic N) is 2. The van der Waals surface area contributed by atoms with E-state index >= 15 is 0 Å². The molecule has 8 heteroatoms. The number of carbonyl (C=O) groups excluding carboxylic acids is 1. The van der Waals surface area contributed by atoms with Crippen molar-refractivity contribution in [2.24, 2.45) is 4.99 Å². The average Bonchev–Trinajstić information content (AvgIpc) is 2.95. The van der Waals surface area contributed by atoms with Gasteiger partial charge in [-0.3, -0.25) is 10.1 Å². The fraction of sp³-hybridized carbons (Fsp3) is 0. The molecule has 1 aliphatic heterocycles. The third-order valence-electron chi connectivity index (χ3n) is 3.39. The number of rotatable bonds is 4. The Kier molecular flexibility index (Phi) is 5.16. The average molecular weight is 389 g/mol. The molecule has 3 rings (SSSR count). The number of carbonyl (C=O) groups is 1. The Morgan fingerprint density at radius 3 is 2.65 bits per heavy atom. The van der Waals surface area contributed by atoms with E-state index in [0.29, 0.717) is 21.2 Å². The zero-order valence-electron chi connectivity index (χ0n) is 13.1. The van der Waals surface area contributed by atoms with Crippen LogP contribution in [0, 0.1) is 10.1 Å². The maximum absolute atomic E-state index is 11.9. The van der Waals surface area contributed by atoms with Gasteiger partial charge in [0, 0.05) is 28.3 Å². The van der Waals surface area contributed by atoms with Crippen molar-refractivity contribution >= 4 is 52.9 Å². The second-order valence-corrected chi connectivity index (χ2v) is 6.06. The largest absolute Gasteiger partial charge is 0.403 e. The first-order valence-corrected chi connectivity index (χ1v) is 8.08. The number of ether oxygens (including phenoxy) is 1. The predicted octanol–water partition coefficient (Wildman–Crippen LogP) is 4.91. The van der Waals surface area contributed by atoms with Gasteiger partial charge in [0.15, 0.2) is 5.70 Å². The van der Waals surface area contributed by atoms with Gasteiger partial charge in [0.25, 0.3) is 5.69 Å². The van der Waals surface area contributed by atoms with E-state index in [9.17, 15) is 14.9 Å². The van der Waals surface area contributed by atoms with Crippen LogP contribution in [-0.2, 0) is 9.53 Å². The van der Waals surface area contributed by atoms with Gasteiger partial charge in [0.1, 0.15) is 0 Å². The van der Waals surface area contributed by atoms with Gasteiger partial charge in [-0.2, -0.15) is 0 Å². The molecule has 0 bridgehead atoms. The molecule has 2 aromatic rings. The molecule has 0 spiro atoms. The monoisotopic (exact) mass is 388 g/mol. The van der Waals surface area contributed by atoms with Crippen LogP contribution in [0.4, 0.5) is 5.69 Å². The Hall–Kier alpha value is -2.96. The van der Waals surface area contributed by atoms with Gasteiger partial charge in [-0.15, -0.1) is 0 Å². The van der Waals surface area contributed by atoms with Gasteiger partial charge in [0.05, 0.1) is 4.92 Å². The molecule has 0 aromatic heterocycles. The number of esters is 1. The number of halogens is 2. The van der Waals surface area contributed by atoms with Crippen LogP contribution in [0.2, 0.25) is 10.0 Å². The third-order valence-corrected chi connectivity index (χ3v) is 3.95. The van der Waals surface area contributed by atoms with Gasteiger partial charge >= 0.3 is 5.97 Å². The summed E-state index contributed by atoms with van der Waals surface area (Å²) in [6, 6.07) is 10.9. The van der Waals surface area contributed by atoms with Crippen molar-refractivity contribution in [2.75, 3.05) is 0 Å². The predicted molar refractivity (Wildman–Crippen MR) is 100 cm³/mol. The molecule has 0 N–H and O–H groups in total. The summed E-state index contributed by atoms with van der Waals surface area (Å²) in [7, 11) is 0. The molecule has 0 fully saturated rings. The maximum Gasteiger partial charge on any atom is 0.363 e. The van der Waals surface area contributed by atoms with Gasteiger partial charge in [0.2, 0.25) is 5.90 Å². The summed E-state index contributed by atoms with van der Waals surface area (Å²) >= 11 is 11.9. The molecule has 6 nitrogen and oxygen atoms in total. The lowest BCUT2D eigenvalue weighted by Crippen LogP contribution is -2.01. The van der Waals surface area contributed by atoms with E-state index in [2.05, 4.69) is 4.99 Å². The topological polar surface area (TPSA) is 81.8 Å². The molecule has 1 aliphatic rings. The van der Waals surface area contributed by atoms with Crippen LogP contribution in [0.5, 0.6) is 0 Å². The lowest BCUT2D eigenvalue weighted by Gasteiger charge is -1.98. The number of nitro benzene ring substituents is 1. The number of cyclic esters (lactones) is 1. The molecule has 0 radical (unpaired) electrons. The van der Waals surface area contributed by atoms with Crippen molar-refractivity contribution < 1.29 is 14.5 Å². The number of non-ortho nitro benzene ring substituents is 1. The minimum atomic E-state index is -0.616. The summed E-state index contributed by atoms with van der Waals surface area (Å²) in [5.41, 5.74) is 1.22. The fourth-order valence-electron chi connectivity index (χ4n) is 2.17. The first kappa shape index (κ1) is 17.8. The van der Waals surface area contributed by atoms with Crippen molar-refractivity contribution in [3.8, 4) is 0 Å².